The molecule has 0 amide bonds. The second kappa shape index (κ2) is 8.21. The number of carbonyl (C=O) groups excluding carboxylic acids is 2. The quantitative estimate of drug-likeness (QED) is 0.257. The summed E-state index contributed by atoms with van der Waals surface area (Å²) in [4.78, 5) is 34.6. The summed E-state index contributed by atoms with van der Waals surface area (Å²) in [6.45, 7) is -1.69. The molecule has 0 radical (unpaired) electrons. The van der Waals surface area contributed by atoms with Gasteiger partial charge >= 0.3 is 12.6 Å². The lowest BCUT2D eigenvalue weighted by Gasteiger charge is -2.13. The van der Waals surface area contributed by atoms with Crippen molar-refractivity contribution < 1.29 is 32.8 Å². The van der Waals surface area contributed by atoms with E-state index >= 15 is 0 Å². The van der Waals surface area contributed by atoms with Gasteiger partial charge in [0.15, 0.2) is 6.10 Å². The van der Waals surface area contributed by atoms with Gasteiger partial charge in [-0.05, 0) is 37.3 Å². The molecule has 0 aromatic heterocycles. The first-order valence-electron chi connectivity index (χ1n) is 7.53. The first kappa shape index (κ1) is 19.8. The number of nitro groups is 1. The Bertz CT molecular complexity index is 870. The van der Waals surface area contributed by atoms with Crippen LogP contribution in [0, 0.1) is 10.1 Å². The molecule has 0 aliphatic carbocycles. The van der Waals surface area contributed by atoms with Gasteiger partial charge < -0.3 is 15.2 Å². The molecule has 0 aliphatic heterocycles. The first-order chi connectivity index (χ1) is 12.7. The normalized spacial score (nSPS) is 11.7. The highest BCUT2D eigenvalue weighted by Crippen LogP contribution is 2.22. The third-order valence-electron chi connectivity index (χ3n) is 3.48. The number of benzene rings is 2. The minimum atomic E-state index is -2.99. The maximum absolute atomic E-state index is 12.3. The van der Waals surface area contributed by atoms with Crippen molar-refractivity contribution in [2.45, 2.75) is 19.6 Å². The molecule has 0 saturated heterocycles. The Balaban J connectivity index is 2.11. The van der Waals surface area contributed by atoms with Crippen molar-refractivity contribution in [2.75, 3.05) is 5.73 Å². The van der Waals surface area contributed by atoms with Crippen LogP contribution in [0.4, 0.5) is 20.2 Å². The van der Waals surface area contributed by atoms with Crippen molar-refractivity contribution in [3.8, 4) is 5.75 Å². The number of esters is 1. The molecule has 8 nitrogen and oxygen atoms in total. The van der Waals surface area contributed by atoms with Gasteiger partial charge in [0.2, 0.25) is 5.78 Å². The molecule has 1 atom stereocenters. The molecule has 0 heterocycles. The maximum Gasteiger partial charge on any atom is 0.387 e. The van der Waals surface area contributed by atoms with E-state index in [2.05, 4.69) is 4.74 Å². The van der Waals surface area contributed by atoms with Gasteiger partial charge in [0, 0.05) is 23.4 Å². The van der Waals surface area contributed by atoms with E-state index in [0.29, 0.717) is 0 Å². The second-order valence-electron chi connectivity index (χ2n) is 5.34. The number of non-ortho nitro benzene ring substituents is 1. The van der Waals surface area contributed by atoms with Gasteiger partial charge in [-0.2, -0.15) is 8.78 Å². The molecule has 0 spiro atoms. The zero-order chi connectivity index (χ0) is 20.1. The van der Waals surface area contributed by atoms with Crippen LogP contribution in [-0.2, 0) is 4.74 Å². The predicted octanol–water partition coefficient (Wildman–Crippen LogP) is 3.21. The number of ketones is 1. The maximum atomic E-state index is 12.3. The Morgan fingerprint density at radius 3 is 2.33 bits per heavy atom. The minimum absolute atomic E-state index is 0.0428. The van der Waals surface area contributed by atoms with Crippen LogP contribution in [0.3, 0.4) is 0 Å². The van der Waals surface area contributed by atoms with Gasteiger partial charge in [0.1, 0.15) is 5.75 Å². The van der Waals surface area contributed by atoms with Crippen LogP contribution in [0.15, 0.2) is 42.5 Å². The van der Waals surface area contributed by atoms with Gasteiger partial charge in [0.05, 0.1) is 10.5 Å². The number of anilines is 1. The standard InChI is InChI=1S/C17H14F2N2O6/c1-9(15(22)10-2-5-12(6-3-10)27-17(18)19)26-16(23)13-8-11(21(24)25)4-7-14(13)20/h2-9,17H,20H2,1H3/t9-/m0/s1. The number of rotatable bonds is 7. The monoisotopic (exact) mass is 380 g/mol. The van der Waals surface area contributed by atoms with E-state index in [0.717, 1.165) is 12.1 Å². The number of nitrogens with zero attached hydrogens (tertiary/aromatic N) is 1. The van der Waals surface area contributed by atoms with Crippen molar-refractivity contribution in [2.24, 2.45) is 0 Å². The van der Waals surface area contributed by atoms with Gasteiger partial charge in [-0.25, -0.2) is 4.79 Å². The molecule has 0 unspecified atom stereocenters. The summed E-state index contributed by atoms with van der Waals surface area (Å²) >= 11 is 0. The molecule has 2 aromatic carbocycles. The van der Waals surface area contributed by atoms with E-state index in [-0.39, 0.29) is 28.3 Å². The summed E-state index contributed by atoms with van der Waals surface area (Å²) in [5, 5.41) is 10.8. The number of alkyl halides is 2. The van der Waals surface area contributed by atoms with E-state index in [1.54, 1.807) is 0 Å². The molecule has 0 bridgehead atoms. The van der Waals surface area contributed by atoms with E-state index < -0.39 is 29.4 Å². The van der Waals surface area contributed by atoms with Crippen molar-refractivity contribution in [1.29, 1.82) is 0 Å². The van der Waals surface area contributed by atoms with Crippen LogP contribution >= 0.6 is 0 Å². The van der Waals surface area contributed by atoms with Gasteiger partial charge in [0.25, 0.3) is 5.69 Å². The van der Waals surface area contributed by atoms with Crippen molar-refractivity contribution in [3.05, 3.63) is 63.7 Å². The lowest BCUT2D eigenvalue weighted by atomic mass is 10.1. The third-order valence-corrected chi connectivity index (χ3v) is 3.48. The van der Waals surface area contributed by atoms with Crippen molar-refractivity contribution >= 4 is 23.1 Å². The Kier molecular flexibility index (Phi) is 6.01. The second-order valence-corrected chi connectivity index (χ2v) is 5.34. The Morgan fingerprint density at radius 1 is 1.15 bits per heavy atom. The first-order valence-corrected chi connectivity index (χ1v) is 7.53. The molecule has 10 heteroatoms. The van der Waals surface area contributed by atoms with E-state index in [9.17, 15) is 28.5 Å². The fourth-order valence-electron chi connectivity index (χ4n) is 2.15. The van der Waals surface area contributed by atoms with Crippen LogP contribution in [0.2, 0.25) is 0 Å². The molecule has 142 valence electrons. The molecule has 0 fully saturated rings. The summed E-state index contributed by atoms with van der Waals surface area (Å²) in [7, 11) is 0. The van der Waals surface area contributed by atoms with Gasteiger partial charge in [-0.1, -0.05) is 0 Å². The Morgan fingerprint density at radius 2 is 1.78 bits per heavy atom. The third kappa shape index (κ3) is 4.97. The average molecular weight is 380 g/mol. The van der Waals surface area contributed by atoms with E-state index in [4.69, 9.17) is 10.5 Å². The minimum Gasteiger partial charge on any atom is -0.451 e. The SMILES string of the molecule is C[C@H](OC(=O)c1cc([N+](=O)[O-])ccc1N)C(=O)c1ccc(OC(F)F)cc1. The lowest BCUT2D eigenvalue weighted by Crippen LogP contribution is -2.25. The number of ether oxygens (including phenoxy) is 2. The zero-order valence-electron chi connectivity index (χ0n) is 13.9. The van der Waals surface area contributed by atoms with Crippen molar-refractivity contribution in [1.82, 2.24) is 0 Å². The average Bonchev–Trinajstić information content (AvgIpc) is 2.61. The summed E-state index contributed by atoms with van der Waals surface area (Å²) in [6, 6.07) is 8.09. The lowest BCUT2D eigenvalue weighted by molar-refractivity contribution is -0.384. The number of nitro benzene ring substituents is 1. The molecule has 27 heavy (non-hydrogen) atoms. The van der Waals surface area contributed by atoms with E-state index in [1.165, 1.54) is 37.3 Å². The van der Waals surface area contributed by atoms with Crippen LogP contribution < -0.4 is 10.5 Å². The highest BCUT2D eigenvalue weighted by atomic mass is 19.3. The number of Topliss-reactive ketones (excluding diaryl/α,β-unsaturated/α-hetero) is 1. The van der Waals surface area contributed by atoms with Crippen LogP contribution in [0.25, 0.3) is 0 Å². The van der Waals surface area contributed by atoms with Crippen LogP contribution in [-0.4, -0.2) is 29.4 Å². The molecule has 2 N–H and O–H groups in total. The smallest absolute Gasteiger partial charge is 0.387 e. The Hall–Kier alpha value is -3.56. The Labute approximate surface area is 151 Å². The molecule has 0 saturated carbocycles. The summed E-state index contributed by atoms with van der Waals surface area (Å²) < 4.78 is 33.4. The fourth-order valence-corrected chi connectivity index (χ4v) is 2.15. The number of hydrogen-bond donors (Lipinski definition) is 1. The van der Waals surface area contributed by atoms with Crippen LogP contribution in [0.5, 0.6) is 5.75 Å². The number of nitrogens with two attached hydrogens (primary N) is 1. The summed E-state index contributed by atoms with van der Waals surface area (Å²) in [6.07, 6.45) is -1.24. The molecular weight excluding hydrogens is 366 g/mol. The molecule has 2 rings (SSSR count). The number of carbonyl (C=O) groups is 2. The van der Waals surface area contributed by atoms with Gasteiger partial charge in [-0.15, -0.1) is 0 Å². The zero-order valence-corrected chi connectivity index (χ0v) is 13.9. The highest BCUT2D eigenvalue weighted by molar-refractivity contribution is 6.02. The predicted molar refractivity (Wildman–Crippen MR) is 89.8 cm³/mol. The fraction of sp³-hybridized carbons (Fsp3) is 0.176. The summed E-state index contributed by atoms with van der Waals surface area (Å²) in [5.74, 6) is -1.73. The van der Waals surface area contributed by atoms with Gasteiger partial charge in [-0.3, -0.25) is 14.9 Å². The molecular formula is C17H14F2N2O6. The number of hydrogen-bond acceptors (Lipinski definition) is 7. The van der Waals surface area contributed by atoms with Crippen LogP contribution in [0.1, 0.15) is 27.6 Å². The number of halogens is 2. The van der Waals surface area contributed by atoms with E-state index in [1.807, 2.05) is 0 Å². The highest BCUT2D eigenvalue weighted by Gasteiger charge is 2.23. The topological polar surface area (TPSA) is 122 Å². The molecule has 2 aromatic rings. The van der Waals surface area contributed by atoms with Crippen molar-refractivity contribution in [3.63, 3.8) is 0 Å². The number of nitrogen functional groups attached to an aromatic ring is 1. The molecule has 0 aliphatic rings. The largest absolute Gasteiger partial charge is 0.451 e. The summed E-state index contributed by atoms with van der Waals surface area (Å²) in [5.41, 5.74) is 5.08.